The monoisotopic (exact) mass is 651 g/mol. The van der Waals surface area contributed by atoms with Crippen LogP contribution in [-0.4, -0.2) is 75.8 Å². The number of anilines is 1. The Labute approximate surface area is 280 Å². The van der Waals surface area contributed by atoms with E-state index in [-0.39, 0.29) is 37.6 Å². The fourth-order valence-electron chi connectivity index (χ4n) is 6.18. The van der Waals surface area contributed by atoms with Gasteiger partial charge in [0.1, 0.15) is 0 Å². The lowest BCUT2D eigenvalue weighted by atomic mass is 9.97. The van der Waals surface area contributed by atoms with Crippen molar-refractivity contribution in [1.29, 1.82) is 0 Å². The summed E-state index contributed by atoms with van der Waals surface area (Å²) in [4.78, 5) is 36.4. The standard InChI is InChI=1S/C37H41N5O6/c43-25-26-6-8-28(9-7-26)33-22-31(24-41-18-20-42(21-19-41)37-38-16-3-17-39-37)47-36(48-33)29-12-10-27(11-13-29)32-5-2-1-4-30(32)23-40-34(44)14-15-35(45)46/h1-13,16-17,31,33,36,43H,14-15,18-25H2,(H,40,44)(H,45,46)/t31-,33+,36+/m0/s1. The highest BCUT2D eigenvalue weighted by atomic mass is 16.7. The summed E-state index contributed by atoms with van der Waals surface area (Å²) in [5.41, 5.74) is 5.71. The maximum absolute atomic E-state index is 12.2. The molecular formula is C37H41N5O6. The van der Waals surface area contributed by atoms with Crippen LogP contribution in [0.5, 0.6) is 0 Å². The third-order valence-electron chi connectivity index (χ3n) is 8.84. The summed E-state index contributed by atoms with van der Waals surface area (Å²) in [7, 11) is 0. The molecule has 0 saturated carbocycles. The number of aliphatic hydroxyl groups is 1. The van der Waals surface area contributed by atoms with Crippen molar-refractivity contribution < 1.29 is 29.3 Å². The maximum Gasteiger partial charge on any atom is 0.303 e. The highest BCUT2D eigenvalue weighted by molar-refractivity contribution is 5.80. The number of piperazine rings is 1. The number of nitrogens with zero attached hydrogens (tertiary/aromatic N) is 4. The summed E-state index contributed by atoms with van der Waals surface area (Å²) in [6.07, 6.45) is 3.20. The van der Waals surface area contributed by atoms with E-state index in [4.69, 9.17) is 14.6 Å². The van der Waals surface area contributed by atoms with Crippen molar-refractivity contribution in [2.75, 3.05) is 37.6 Å². The number of rotatable bonds is 12. The van der Waals surface area contributed by atoms with Crippen LogP contribution in [0.25, 0.3) is 11.1 Å². The van der Waals surface area contributed by atoms with Gasteiger partial charge in [-0.25, -0.2) is 9.97 Å². The van der Waals surface area contributed by atoms with Crippen molar-refractivity contribution >= 4 is 17.8 Å². The largest absolute Gasteiger partial charge is 0.481 e. The molecule has 2 saturated heterocycles. The lowest BCUT2D eigenvalue weighted by molar-refractivity contribution is -0.253. The Bertz CT molecular complexity index is 1650. The number of carboxylic acid groups (broad SMARTS) is 1. The van der Waals surface area contributed by atoms with Crippen molar-refractivity contribution in [1.82, 2.24) is 20.2 Å². The van der Waals surface area contributed by atoms with Crippen LogP contribution in [0, 0.1) is 0 Å². The second-order valence-electron chi connectivity index (χ2n) is 12.1. The quantitative estimate of drug-likeness (QED) is 0.201. The van der Waals surface area contributed by atoms with Gasteiger partial charge in [0.2, 0.25) is 11.9 Å². The van der Waals surface area contributed by atoms with E-state index in [1.165, 1.54) is 0 Å². The number of carbonyl (C=O) groups excluding carboxylic acids is 1. The van der Waals surface area contributed by atoms with Crippen LogP contribution in [-0.2, 0) is 32.2 Å². The Morgan fingerprint density at radius 1 is 0.833 bits per heavy atom. The van der Waals surface area contributed by atoms with Crippen molar-refractivity contribution in [2.45, 2.75) is 50.9 Å². The summed E-state index contributed by atoms with van der Waals surface area (Å²) < 4.78 is 13.2. The van der Waals surface area contributed by atoms with Gasteiger partial charge in [-0.2, -0.15) is 0 Å². The van der Waals surface area contributed by atoms with Crippen LogP contribution in [0.4, 0.5) is 5.95 Å². The van der Waals surface area contributed by atoms with Gasteiger partial charge in [0.05, 0.1) is 25.2 Å². The van der Waals surface area contributed by atoms with Crippen LogP contribution in [0.2, 0.25) is 0 Å². The van der Waals surface area contributed by atoms with Crippen molar-refractivity contribution in [3.63, 3.8) is 0 Å². The van der Waals surface area contributed by atoms with Gasteiger partial charge in [-0.3, -0.25) is 14.5 Å². The Morgan fingerprint density at radius 3 is 2.25 bits per heavy atom. The maximum atomic E-state index is 12.2. The molecule has 0 spiro atoms. The number of nitrogens with one attached hydrogen (secondary N) is 1. The average Bonchev–Trinajstić information content (AvgIpc) is 3.14. The zero-order valence-corrected chi connectivity index (χ0v) is 26.8. The second-order valence-corrected chi connectivity index (χ2v) is 12.1. The summed E-state index contributed by atoms with van der Waals surface area (Å²) in [5.74, 6) is -0.528. The smallest absolute Gasteiger partial charge is 0.303 e. The van der Waals surface area contributed by atoms with Gasteiger partial charge in [-0.1, -0.05) is 72.8 Å². The number of hydrogen-bond donors (Lipinski definition) is 3. The van der Waals surface area contributed by atoms with E-state index in [0.717, 1.165) is 72.1 Å². The number of carbonyl (C=O) groups is 2. The lowest BCUT2D eigenvalue weighted by Crippen LogP contribution is -2.50. The van der Waals surface area contributed by atoms with Crippen LogP contribution in [0.3, 0.4) is 0 Å². The third-order valence-corrected chi connectivity index (χ3v) is 8.84. The fraction of sp³-hybridized carbons (Fsp3) is 0.351. The van der Waals surface area contributed by atoms with Gasteiger partial charge in [0.25, 0.3) is 0 Å². The molecule has 1 aromatic heterocycles. The summed E-state index contributed by atoms with van der Waals surface area (Å²) in [5, 5.41) is 21.3. The molecule has 6 rings (SSSR count). The van der Waals surface area contributed by atoms with E-state index in [2.05, 4.69) is 25.1 Å². The van der Waals surface area contributed by atoms with Gasteiger partial charge in [-0.15, -0.1) is 0 Å². The molecule has 0 radical (unpaired) electrons. The summed E-state index contributed by atoms with van der Waals surface area (Å²) in [6, 6.07) is 25.7. The van der Waals surface area contributed by atoms with E-state index in [9.17, 15) is 14.7 Å². The molecule has 11 heteroatoms. The van der Waals surface area contributed by atoms with Crippen LogP contribution >= 0.6 is 0 Å². The van der Waals surface area contributed by atoms with Gasteiger partial charge in [0, 0.05) is 70.1 Å². The molecule has 2 aliphatic rings. The topological polar surface area (TPSA) is 137 Å². The van der Waals surface area contributed by atoms with Crippen molar-refractivity contribution in [3.05, 3.63) is 114 Å². The number of aromatic nitrogens is 2. The first-order valence-corrected chi connectivity index (χ1v) is 16.4. The highest BCUT2D eigenvalue weighted by Gasteiger charge is 2.34. The molecule has 3 aromatic carbocycles. The number of amides is 1. The lowest BCUT2D eigenvalue weighted by Gasteiger charge is -2.40. The molecule has 2 aliphatic heterocycles. The number of ether oxygens (including phenoxy) is 2. The average molecular weight is 652 g/mol. The molecular weight excluding hydrogens is 610 g/mol. The van der Waals surface area contributed by atoms with Crippen molar-refractivity contribution in [3.8, 4) is 11.1 Å². The first-order chi connectivity index (χ1) is 23.4. The minimum absolute atomic E-state index is 0.00721. The van der Waals surface area contributed by atoms with Crippen LogP contribution in [0.15, 0.2) is 91.3 Å². The Hall–Kier alpha value is -4.68. The SMILES string of the molecule is O=C(O)CCC(=O)NCc1ccccc1-c1ccc([C@@H]2O[C@H](CN3CCN(c4ncccn4)CC3)C[C@H](c3ccc(CO)cc3)O2)cc1. The molecule has 3 atom stereocenters. The van der Waals surface area contributed by atoms with E-state index in [1.54, 1.807) is 12.4 Å². The molecule has 1 amide bonds. The number of aliphatic carboxylic acids is 1. The van der Waals surface area contributed by atoms with Crippen LogP contribution < -0.4 is 10.2 Å². The minimum atomic E-state index is -0.994. The normalized spacial score (nSPS) is 19.9. The Kier molecular flexibility index (Phi) is 11.0. The number of aliphatic hydroxyl groups excluding tert-OH is 1. The molecule has 11 nitrogen and oxygen atoms in total. The predicted molar refractivity (Wildman–Crippen MR) is 180 cm³/mol. The van der Waals surface area contributed by atoms with E-state index in [1.807, 2.05) is 78.9 Å². The molecule has 2 fully saturated rings. The molecule has 4 aromatic rings. The fourth-order valence-corrected chi connectivity index (χ4v) is 6.18. The Morgan fingerprint density at radius 2 is 1.54 bits per heavy atom. The highest BCUT2D eigenvalue weighted by Crippen LogP contribution is 2.39. The van der Waals surface area contributed by atoms with E-state index >= 15 is 0 Å². The predicted octanol–water partition coefficient (Wildman–Crippen LogP) is 4.48. The van der Waals surface area contributed by atoms with Gasteiger partial charge in [-0.05, 0) is 33.9 Å². The summed E-state index contributed by atoms with van der Waals surface area (Å²) in [6.45, 7) is 4.53. The minimum Gasteiger partial charge on any atom is -0.481 e. The molecule has 3 N–H and O–H groups in total. The number of carboxylic acids is 1. The second kappa shape index (κ2) is 15.9. The van der Waals surface area contributed by atoms with Crippen molar-refractivity contribution in [2.24, 2.45) is 0 Å². The molecule has 0 unspecified atom stereocenters. The van der Waals surface area contributed by atoms with Gasteiger partial charge in [0.15, 0.2) is 6.29 Å². The first-order valence-electron chi connectivity index (χ1n) is 16.4. The Balaban J connectivity index is 1.15. The molecule has 48 heavy (non-hydrogen) atoms. The third kappa shape index (κ3) is 8.61. The molecule has 0 aliphatic carbocycles. The molecule has 250 valence electrons. The molecule has 0 bridgehead atoms. The van der Waals surface area contributed by atoms with Gasteiger partial charge < -0.3 is 29.9 Å². The zero-order valence-electron chi connectivity index (χ0n) is 26.8. The first kappa shape index (κ1) is 33.2. The zero-order chi connectivity index (χ0) is 33.3. The van der Waals surface area contributed by atoms with E-state index < -0.39 is 12.3 Å². The number of hydrogen-bond acceptors (Lipinski definition) is 9. The van der Waals surface area contributed by atoms with E-state index in [0.29, 0.717) is 13.0 Å². The summed E-state index contributed by atoms with van der Waals surface area (Å²) >= 11 is 0. The van der Waals surface area contributed by atoms with Gasteiger partial charge >= 0.3 is 5.97 Å². The van der Waals surface area contributed by atoms with Crippen LogP contribution in [0.1, 0.15) is 53.9 Å². The molecule has 3 heterocycles. The number of benzene rings is 3.